The lowest BCUT2D eigenvalue weighted by atomic mass is 10.1. The smallest absolute Gasteiger partial charge is 0.407 e. The second kappa shape index (κ2) is 43.3. The highest BCUT2D eigenvalue weighted by atomic mass is 32.2. The van der Waals surface area contributed by atoms with Crippen LogP contribution in [0.3, 0.4) is 0 Å². The predicted molar refractivity (Wildman–Crippen MR) is 245 cm³/mol. The third kappa shape index (κ3) is 43.1. The molecule has 2 atom stereocenters. The molecule has 0 saturated heterocycles. The average molecular weight is 914 g/mol. The van der Waals surface area contributed by atoms with Crippen LogP contribution in [0.5, 0.6) is 0 Å². The van der Waals surface area contributed by atoms with Crippen LogP contribution in [0.1, 0.15) is 156 Å². The molecule has 16 nitrogen and oxygen atoms in total. The molecule has 0 aromatic heterocycles. The van der Waals surface area contributed by atoms with Gasteiger partial charge in [-0.25, -0.2) is 9.59 Å². The van der Waals surface area contributed by atoms with Gasteiger partial charge in [0.25, 0.3) is 0 Å². The molecule has 18 heteroatoms. The highest BCUT2D eigenvalue weighted by molar-refractivity contribution is 7.99. The molecule has 0 radical (unpaired) electrons. The van der Waals surface area contributed by atoms with Crippen molar-refractivity contribution in [1.29, 1.82) is 0 Å². The van der Waals surface area contributed by atoms with E-state index < -0.39 is 32.3 Å². The van der Waals surface area contributed by atoms with Gasteiger partial charge in [0.05, 0.1) is 39.6 Å². The Morgan fingerprint density at radius 3 is 1.56 bits per heavy atom. The molecule has 0 bridgehead atoms. The molecule has 0 saturated carbocycles. The summed E-state index contributed by atoms with van der Waals surface area (Å²) in [4.78, 5) is 78.4. The van der Waals surface area contributed by atoms with E-state index >= 15 is 0 Å². The molecular formula is C43H86N4O12PS+. The lowest BCUT2D eigenvalue weighted by molar-refractivity contribution is -0.128. The summed E-state index contributed by atoms with van der Waals surface area (Å²) in [7, 11) is -3.83. The van der Waals surface area contributed by atoms with E-state index in [0.717, 1.165) is 64.2 Å². The first-order valence-electron chi connectivity index (χ1n) is 23.3. The number of alkyl carbamates (subject to hydrolysis) is 2. The zero-order valence-electron chi connectivity index (χ0n) is 38.1. The van der Waals surface area contributed by atoms with Crippen LogP contribution in [0.25, 0.3) is 0 Å². The van der Waals surface area contributed by atoms with E-state index in [1.54, 1.807) is 0 Å². The predicted octanol–water partition coefficient (Wildman–Crippen LogP) is 7.18. The van der Waals surface area contributed by atoms with Crippen LogP contribution in [0.4, 0.5) is 9.59 Å². The van der Waals surface area contributed by atoms with Gasteiger partial charge in [-0.15, -0.1) is 0 Å². The minimum absolute atomic E-state index is 0.00716. The Balaban J connectivity index is 5.05. The zero-order valence-corrected chi connectivity index (χ0v) is 39.8. The van der Waals surface area contributed by atoms with Gasteiger partial charge in [0.15, 0.2) is 6.16 Å². The molecule has 0 aliphatic heterocycles. The number of rotatable bonds is 44. The number of hydrogen-bond acceptors (Lipinski definition) is 13. The van der Waals surface area contributed by atoms with Gasteiger partial charge in [0.2, 0.25) is 11.8 Å². The van der Waals surface area contributed by atoms with Gasteiger partial charge in [0, 0.05) is 37.6 Å². The molecule has 0 aromatic carbocycles. The molecule has 61 heavy (non-hydrogen) atoms. The molecule has 0 aromatic rings. The molecule has 0 aliphatic carbocycles. The van der Waals surface area contributed by atoms with Crippen molar-refractivity contribution in [2.75, 3.05) is 83.6 Å². The van der Waals surface area contributed by atoms with Gasteiger partial charge in [-0.05, 0) is 19.3 Å². The van der Waals surface area contributed by atoms with Crippen LogP contribution in [-0.4, -0.2) is 134 Å². The quantitative estimate of drug-likeness (QED) is 0.0238. The molecule has 0 spiro atoms. The van der Waals surface area contributed by atoms with Crippen molar-refractivity contribution in [3.63, 3.8) is 0 Å². The molecule has 0 heterocycles. The van der Waals surface area contributed by atoms with Crippen LogP contribution in [-0.2, 0) is 33.3 Å². The summed E-state index contributed by atoms with van der Waals surface area (Å²) < 4.78 is 27.3. The van der Waals surface area contributed by atoms with E-state index in [4.69, 9.17) is 38.4 Å². The van der Waals surface area contributed by atoms with Crippen molar-refractivity contribution >= 4 is 43.7 Å². The first-order valence-corrected chi connectivity index (χ1v) is 26.3. The fraction of sp³-hybridized carbons (Fsp3) is 0.907. The Morgan fingerprint density at radius 2 is 1.02 bits per heavy atom. The van der Waals surface area contributed by atoms with Gasteiger partial charge in [-0.1, -0.05) is 130 Å². The van der Waals surface area contributed by atoms with Crippen LogP contribution in [0.15, 0.2) is 0 Å². The maximum atomic E-state index is 13.3. The largest absolute Gasteiger partial charge is 0.446 e. The average Bonchev–Trinajstić information content (AvgIpc) is 3.22. The maximum Gasteiger partial charge on any atom is 0.407 e. The minimum Gasteiger partial charge on any atom is -0.446 e. The topological polar surface area (TPSA) is 223 Å². The summed E-state index contributed by atoms with van der Waals surface area (Å²) in [5, 5.41) is 11.3. The van der Waals surface area contributed by atoms with E-state index in [0.29, 0.717) is 19.5 Å². The SMILES string of the molecule is CCCCCCCCCCNC(=O)OC[C@H](CSC[C@H](NC(=O)CCCCCC)C(=O)NCCOCCOCCOCC[P+](O)(O)O)OC(=O)NCCCCCCCCCC. The maximum absolute atomic E-state index is 13.3. The van der Waals surface area contributed by atoms with E-state index in [9.17, 15) is 19.2 Å². The lowest BCUT2D eigenvalue weighted by Crippen LogP contribution is -2.49. The molecule has 4 amide bonds. The molecule has 360 valence electrons. The summed E-state index contributed by atoms with van der Waals surface area (Å²) in [6, 6.07) is -0.853. The Kier molecular flexibility index (Phi) is 41.9. The summed E-state index contributed by atoms with van der Waals surface area (Å²) in [6.45, 7) is 8.81. The number of thioether (sulfide) groups is 1. The van der Waals surface area contributed by atoms with Crippen molar-refractivity contribution in [1.82, 2.24) is 21.3 Å². The summed E-state index contributed by atoms with van der Waals surface area (Å²) in [5.41, 5.74) is 0. The van der Waals surface area contributed by atoms with Crippen molar-refractivity contribution in [2.24, 2.45) is 0 Å². The molecule has 7 N–H and O–H groups in total. The van der Waals surface area contributed by atoms with Gasteiger partial charge in [-0.2, -0.15) is 26.4 Å². The minimum atomic E-state index is -3.83. The highest BCUT2D eigenvalue weighted by Gasteiger charge is 2.28. The van der Waals surface area contributed by atoms with E-state index in [1.165, 1.54) is 76.0 Å². The fourth-order valence-corrected chi connectivity index (χ4v) is 7.41. The Labute approximate surface area is 372 Å². The second-order valence-electron chi connectivity index (χ2n) is 15.4. The van der Waals surface area contributed by atoms with E-state index in [2.05, 4.69) is 42.0 Å². The fourth-order valence-electron chi connectivity index (χ4n) is 6.01. The standard InChI is InChI=1S/C43H85N4O12PS/c1-4-7-10-13-15-17-19-22-25-45-42(50)58-35-38(59-43(51)46-26-23-20-18-16-14-11-8-5-2)36-61-37-39(47-40(48)24-21-12-9-6-3)41(49)44-27-28-55-29-30-56-31-32-57-33-34-60(52,53)54/h38-39,52-54H,4-37H2,1-3H3,(H3-,44,45,46,47,48,49,50,51)/p+1/t38-,39+/m1/s1. The number of carbonyl (C=O) groups excluding carboxylic acids is 4. The lowest BCUT2D eigenvalue weighted by Gasteiger charge is -2.21. The van der Waals surface area contributed by atoms with Crippen LogP contribution in [0.2, 0.25) is 0 Å². The molecule has 0 unspecified atom stereocenters. The molecular weight excluding hydrogens is 828 g/mol. The number of unbranched alkanes of at least 4 members (excludes halogenated alkanes) is 17. The van der Waals surface area contributed by atoms with E-state index in [-0.39, 0.29) is 82.3 Å². The third-order valence-corrected chi connectivity index (χ3v) is 11.6. The first kappa shape index (κ1) is 59.0. The van der Waals surface area contributed by atoms with Crippen LogP contribution in [0, 0.1) is 0 Å². The molecule has 0 aliphatic rings. The summed E-state index contributed by atoms with van der Waals surface area (Å²) in [5.74, 6) is -0.161. The number of carbonyl (C=O) groups is 4. The van der Waals surface area contributed by atoms with Crippen molar-refractivity contribution in [3.05, 3.63) is 0 Å². The number of nitrogens with one attached hydrogen (secondary N) is 4. The second-order valence-corrected chi connectivity index (χ2v) is 18.3. The van der Waals surface area contributed by atoms with Gasteiger partial charge < -0.3 is 45.0 Å². The van der Waals surface area contributed by atoms with Gasteiger partial charge >= 0.3 is 20.1 Å². The number of amides is 4. The van der Waals surface area contributed by atoms with Crippen LogP contribution < -0.4 is 21.3 Å². The van der Waals surface area contributed by atoms with Crippen molar-refractivity contribution in [2.45, 2.75) is 168 Å². The molecule has 0 fully saturated rings. The van der Waals surface area contributed by atoms with E-state index in [1.807, 2.05) is 0 Å². The highest BCUT2D eigenvalue weighted by Crippen LogP contribution is 2.43. The van der Waals surface area contributed by atoms with Gasteiger partial charge in [0.1, 0.15) is 18.8 Å². The van der Waals surface area contributed by atoms with Crippen LogP contribution >= 0.6 is 19.7 Å². The van der Waals surface area contributed by atoms with Crippen molar-refractivity contribution < 1.29 is 57.5 Å². The summed E-state index contributed by atoms with van der Waals surface area (Å²) in [6.07, 6.45) is 20.3. The zero-order chi connectivity index (χ0) is 45.1. The molecule has 0 rings (SSSR count). The van der Waals surface area contributed by atoms with Crippen molar-refractivity contribution in [3.8, 4) is 0 Å². The number of hydrogen-bond donors (Lipinski definition) is 7. The third-order valence-electron chi connectivity index (χ3n) is 9.60. The first-order chi connectivity index (χ1) is 29.5. The summed E-state index contributed by atoms with van der Waals surface area (Å²) >= 11 is 1.32. The van der Waals surface area contributed by atoms with Gasteiger partial charge in [-0.3, -0.25) is 9.59 Å². The Morgan fingerprint density at radius 1 is 0.541 bits per heavy atom. The number of ether oxygens (including phenoxy) is 5. The Hall–Kier alpha value is -1.98. The monoisotopic (exact) mass is 914 g/mol. The normalized spacial score (nSPS) is 12.4. The Bertz CT molecular complexity index is 1060.